The van der Waals surface area contributed by atoms with Crippen molar-refractivity contribution in [3.63, 3.8) is 0 Å². The number of nitrogens with one attached hydrogen (secondary N) is 1. The lowest BCUT2D eigenvalue weighted by molar-refractivity contribution is -0.127. The van der Waals surface area contributed by atoms with Crippen molar-refractivity contribution in [2.75, 3.05) is 7.05 Å². The van der Waals surface area contributed by atoms with Gasteiger partial charge in [-0.3, -0.25) is 9.80 Å². The Hall–Kier alpha value is -3.49. The zero-order valence-corrected chi connectivity index (χ0v) is 17.3. The summed E-state index contributed by atoms with van der Waals surface area (Å²) in [4.78, 5) is 24.0. The maximum absolute atomic E-state index is 13.0. The molecule has 3 rings (SSSR count). The summed E-state index contributed by atoms with van der Waals surface area (Å²) in [5.74, 6) is -1.90. The second-order valence-electron chi connectivity index (χ2n) is 7.33. The van der Waals surface area contributed by atoms with Gasteiger partial charge in [0.2, 0.25) is 12.1 Å². The number of nitrogens with zero attached hydrogens (tertiary/aromatic N) is 2. The molecule has 2 aromatic rings. The zero-order valence-electron chi connectivity index (χ0n) is 17.3. The van der Waals surface area contributed by atoms with Crippen LogP contribution in [0.4, 0.5) is 8.78 Å². The number of hydrogen-bond donors (Lipinski definition) is 2. The molecule has 31 heavy (non-hydrogen) atoms. The smallest absolute Gasteiger partial charge is 0.335 e. The van der Waals surface area contributed by atoms with Crippen molar-refractivity contribution < 1.29 is 28.2 Å². The van der Waals surface area contributed by atoms with Gasteiger partial charge >= 0.3 is 5.97 Å². The van der Waals surface area contributed by atoms with Crippen LogP contribution in [0, 0.1) is 5.92 Å². The van der Waals surface area contributed by atoms with Gasteiger partial charge in [0, 0.05) is 12.6 Å². The monoisotopic (exact) mass is 431 g/mol. The average Bonchev–Trinajstić information content (AvgIpc) is 3.01. The first kappa shape index (κ1) is 22.2. The molecular formula is C22H23F2N3O4. The first-order valence-electron chi connectivity index (χ1n) is 9.63. The first-order valence-corrected chi connectivity index (χ1v) is 9.63. The number of halogens is 2. The van der Waals surface area contributed by atoms with Gasteiger partial charge in [-0.05, 0) is 43.7 Å². The van der Waals surface area contributed by atoms with E-state index in [0.717, 1.165) is 5.56 Å². The Bertz CT molecular complexity index is 995. The highest BCUT2D eigenvalue weighted by atomic mass is 19.3. The summed E-state index contributed by atoms with van der Waals surface area (Å²) in [6.45, 7) is 3.48. The summed E-state index contributed by atoms with van der Waals surface area (Å²) in [6.07, 6.45) is -3.43. The number of carboxylic acids is 1. The van der Waals surface area contributed by atoms with E-state index in [4.69, 9.17) is 9.84 Å². The SMILES string of the molecule is CC1=NN(C)C(Oc2cccc(C(F)F)c2)C1C(=O)NC(C)c1ccc(C(=O)O)cc1. The standard InChI is InChI=1S/C22H23F2N3O4/c1-12(14-7-9-15(10-8-14)22(29)30)25-20(28)18-13(2)26-27(3)21(18)31-17-6-4-5-16(11-17)19(23)24/h4-12,18-19,21H,1-3H3,(H,25,28)(H,29,30). The minimum atomic E-state index is -2.63. The Morgan fingerprint density at radius 1 is 1.16 bits per heavy atom. The molecule has 1 amide bonds. The largest absolute Gasteiger partial charge is 0.478 e. The maximum atomic E-state index is 13.0. The Morgan fingerprint density at radius 2 is 1.84 bits per heavy atom. The number of amides is 1. The summed E-state index contributed by atoms with van der Waals surface area (Å²) in [6, 6.07) is 11.4. The van der Waals surface area contributed by atoms with E-state index in [2.05, 4.69) is 10.4 Å². The molecular weight excluding hydrogens is 408 g/mol. The third kappa shape index (κ3) is 4.99. The summed E-state index contributed by atoms with van der Waals surface area (Å²) in [5, 5.41) is 17.7. The number of benzene rings is 2. The van der Waals surface area contributed by atoms with Crippen LogP contribution in [0.1, 0.15) is 47.8 Å². The third-order valence-corrected chi connectivity index (χ3v) is 5.08. The highest BCUT2D eigenvalue weighted by molar-refractivity contribution is 6.04. The highest BCUT2D eigenvalue weighted by Gasteiger charge is 2.41. The number of carbonyl (C=O) groups excluding carboxylic acids is 1. The fraction of sp³-hybridized carbons (Fsp3) is 0.318. The molecule has 2 N–H and O–H groups in total. The van der Waals surface area contributed by atoms with Crippen LogP contribution in [-0.4, -0.2) is 41.0 Å². The molecule has 1 aliphatic rings. The molecule has 1 aliphatic heterocycles. The summed E-state index contributed by atoms with van der Waals surface area (Å²) >= 11 is 0. The van der Waals surface area contributed by atoms with Gasteiger partial charge in [0.15, 0.2) is 0 Å². The summed E-state index contributed by atoms with van der Waals surface area (Å²) in [7, 11) is 1.65. The van der Waals surface area contributed by atoms with Gasteiger partial charge in [-0.1, -0.05) is 24.3 Å². The molecule has 0 aromatic heterocycles. The number of hydrazone groups is 1. The average molecular weight is 431 g/mol. The van der Waals surface area contributed by atoms with Crippen molar-refractivity contribution in [1.82, 2.24) is 10.3 Å². The molecule has 0 fully saturated rings. The van der Waals surface area contributed by atoms with E-state index in [-0.39, 0.29) is 22.8 Å². The van der Waals surface area contributed by atoms with Crippen LogP contribution in [-0.2, 0) is 4.79 Å². The van der Waals surface area contributed by atoms with Gasteiger partial charge in [0.25, 0.3) is 6.43 Å². The second kappa shape index (κ2) is 9.11. The quantitative estimate of drug-likeness (QED) is 0.695. The summed E-state index contributed by atoms with van der Waals surface area (Å²) < 4.78 is 31.8. The van der Waals surface area contributed by atoms with Crippen molar-refractivity contribution in [2.24, 2.45) is 11.0 Å². The first-order chi connectivity index (χ1) is 14.7. The lowest BCUT2D eigenvalue weighted by Gasteiger charge is -2.26. The molecule has 9 heteroatoms. The van der Waals surface area contributed by atoms with Crippen molar-refractivity contribution in [3.05, 3.63) is 65.2 Å². The minimum Gasteiger partial charge on any atom is -0.478 e. The van der Waals surface area contributed by atoms with Gasteiger partial charge in [0.05, 0.1) is 17.3 Å². The number of aromatic carboxylic acids is 1. The van der Waals surface area contributed by atoms with Crippen LogP contribution in [0.25, 0.3) is 0 Å². The maximum Gasteiger partial charge on any atom is 0.335 e. The molecule has 3 unspecified atom stereocenters. The van der Waals surface area contributed by atoms with Crippen LogP contribution in [0.2, 0.25) is 0 Å². The van der Waals surface area contributed by atoms with E-state index in [9.17, 15) is 18.4 Å². The summed E-state index contributed by atoms with van der Waals surface area (Å²) in [5.41, 5.74) is 1.25. The van der Waals surface area contributed by atoms with Gasteiger partial charge in [-0.15, -0.1) is 0 Å². The number of carboxylic acid groups (broad SMARTS) is 1. The lowest BCUT2D eigenvalue weighted by Crippen LogP contribution is -2.45. The fourth-order valence-corrected chi connectivity index (χ4v) is 3.42. The second-order valence-corrected chi connectivity index (χ2v) is 7.33. The number of alkyl halides is 2. The molecule has 3 atom stereocenters. The van der Waals surface area contributed by atoms with E-state index in [0.29, 0.717) is 5.71 Å². The van der Waals surface area contributed by atoms with Crippen LogP contribution < -0.4 is 10.1 Å². The van der Waals surface area contributed by atoms with Crippen molar-refractivity contribution in [1.29, 1.82) is 0 Å². The fourth-order valence-electron chi connectivity index (χ4n) is 3.42. The predicted molar refractivity (Wildman–Crippen MR) is 110 cm³/mol. The molecule has 0 bridgehead atoms. The Morgan fingerprint density at radius 3 is 2.45 bits per heavy atom. The minimum absolute atomic E-state index is 0.155. The van der Waals surface area contributed by atoms with Crippen LogP contribution in [0.15, 0.2) is 53.6 Å². The molecule has 1 heterocycles. The lowest BCUT2D eigenvalue weighted by atomic mass is 10.0. The van der Waals surface area contributed by atoms with Gasteiger partial charge in [-0.2, -0.15) is 5.10 Å². The van der Waals surface area contributed by atoms with Crippen LogP contribution in [0.5, 0.6) is 5.75 Å². The number of hydrogen-bond acceptors (Lipinski definition) is 5. The Balaban J connectivity index is 1.74. The Kier molecular flexibility index (Phi) is 6.53. The molecule has 0 saturated heterocycles. The predicted octanol–water partition coefficient (Wildman–Crippen LogP) is 3.84. The van der Waals surface area contributed by atoms with Gasteiger partial charge in [0.1, 0.15) is 11.7 Å². The molecule has 2 aromatic carbocycles. The van der Waals surface area contributed by atoms with Crippen molar-refractivity contribution in [3.8, 4) is 5.75 Å². The van der Waals surface area contributed by atoms with Crippen molar-refractivity contribution >= 4 is 17.6 Å². The van der Waals surface area contributed by atoms with E-state index in [1.54, 1.807) is 39.1 Å². The Labute approximate surface area is 178 Å². The van der Waals surface area contributed by atoms with Crippen LogP contribution >= 0.6 is 0 Å². The molecule has 0 aliphatic carbocycles. The number of ether oxygens (including phenoxy) is 1. The molecule has 7 nitrogen and oxygen atoms in total. The van der Waals surface area contributed by atoms with Gasteiger partial charge < -0.3 is 15.2 Å². The van der Waals surface area contributed by atoms with E-state index >= 15 is 0 Å². The highest BCUT2D eigenvalue weighted by Crippen LogP contribution is 2.28. The van der Waals surface area contributed by atoms with Crippen molar-refractivity contribution in [2.45, 2.75) is 32.5 Å². The van der Waals surface area contributed by atoms with E-state index < -0.39 is 30.6 Å². The topological polar surface area (TPSA) is 91.2 Å². The third-order valence-electron chi connectivity index (χ3n) is 5.08. The normalized spacial score (nSPS) is 19.2. The van der Waals surface area contributed by atoms with Crippen LogP contribution in [0.3, 0.4) is 0 Å². The van der Waals surface area contributed by atoms with E-state index in [1.807, 2.05) is 0 Å². The molecule has 164 valence electrons. The number of rotatable bonds is 7. The zero-order chi connectivity index (χ0) is 22.7. The molecule has 0 radical (unpaired) electrons. The molecule has 0 spiro atoms. The molecule has 0 saturated carbocycles. The number of carbonyl (C=O) groups is 2. The van der Waals surface area contributed by atoms with Gasteiger partial charge in [-0.25, -0.2) is 13.6 Å². The van der Waals surface area contributed by atoms with E-state index in [1.165, 1.54) is 35.3 Å².